The number of nitrogens with one attached hydrogen (secondary N) is 1. The number of ether oxygens (including phenoxy) is 6. The molecule has 0 aromatic heterocycles. The van der Waals surface area contributed by atoms with Crippen molar-refractivity contribution in [3.8, 4) is 5.75 Å². The van der Waals surface area contributed by atoms with Crippen molar-refractivity contribution in [1.29, 1.82) is 0 Å². The Hall–Kier alpha value is -5.19. The summed E-state index contributed by atoms with van der Waals surface area (Å²) in [7, 11) is -1.77. The molecule has 0 saturated carbocycles. The van der Waals surface area contributed by atoms with E-state index in [-0.39, 0.29) is 37.5 Å². The molecule has 0 aliphatic carbocycles. The Morgan fingerprint density at radius 2 is 1.58 bits per heavy atom. The van der Waals surface area contributed by atoms with Crippen LogP contribution in [0.25, 0.3) is 0 Å². The van der Waals surface area contributed by atoms with Gasteiger partial charge in [-0.1, -0.05) is 60.7 Å². The molecule has 3 aromatic rings. The van der Waals surface area contributed by atoms with Crippen molar-refractivity contribution < 1.29 is 51.2 Å². The fourth-order valence-electron chi connectivity index (χ4n) is 6.04. The number of esters is 1. The first-order chi connectivity index (χ1) is 26.3. The molecule has 1 aliphatic rings. The molecule has 1 aliphatic heterocycles. The number of nitrogens with two attached hydrogens (primary N) is 1. The van der Waals surface area contributed by atoms with Crippen LogP contribution in [0.4, 0.5) is 9.59 Å². The van der Waals surface area contributed by atoms with E-state index in [1.54, 1.807) is 63.2 Å². The lowest BCUT2D eigenvalue weighted by molar-refractivity contribution is -0.206. The highest BCUT2D eigenvalue weighted by molar-refractivity contribution is 7.90. The van der Waals surface area contributed by atoms with E-state index in [0.717, 1.165) is 23.3 Å². The molecular formula is C39H50N4O11S. The standard InChI is InChI=1S/C39H50N4O11S/c1-26-23-32(49-4)27(2)28(3)35(26)55(47,48)42-37(40)43(39(46)53-25-30-17-10-7-11-18-30)21-14-19-31(41-38(45)52-24-29-15-8-6-9-16-29)34(36(44)50-5)54-33-20-12-13-22-51-33/h6-11,15-18,23,31,33-34H,12-14,19-22,24-25H2,1-5H3,(H2,40,42)(H,41,45)/t31-,33?,34?/m0/s1. The molecule has 16 heteroatoms. The zero-order valence-corrected chi connectivity index (χ0v) is 32.6. The van der Waals surface area contributed by atoms with Gasteiger partial charge in [0.05, 0.1) is 25.2 Å². The highest BCUT2D eigenvalue weighted by Gasteiger charge is 2.36. The number of nitrogens with zero attached hydrogens (tertiary/aromatic N) is 2. The van der Waals surface area contributed by atoms with Crippen LogP contribution in [-0.2, 0) is 51.7 Å². The van der Waals surface area contributed by atoms with E-state index in [1.807, 2.05) is 24.3 Å². The minimum Gasteiger partial charge on any atom is -0.496 e. The Bertz CT molecular complexity index is 1890. The molecule has 3 N–H and O–H groups in total. The number of methoxy groups -OCH3 is 2. The average Bonchev–Trinajstić information content (AvgIpc) is 3.18. The molecule has 55 heavy (non-hydrogen) atoms. The zero-order valence-electron chi connectivity index (χ0n) is 31.8. The van der Waals surface area contributed by atoms with Crippen LogP contribution in [0, 0.1) is 20.8 Å². The van der Waals surface area contributed by atoms with E-state index in [1.165, 1.54) is 14.2 Å². The monoisotopic (exact) mass is 782 g/mol. The quantitative estimate of drug-likeness (QED) is 0.0812. The Morgan fingerprint density at radius 1 is 0.945 bits per heavy atom. The van der Waals surface area contributed by atoms with Gasteiger partial charge >= 0.3 is 18.2 Å². The highest BCUT2D eigenvalue weighted by atomic mass is 32.2. The number of alkyl carbamates (subject to hydrolysis) is 1. The number of benzene rings is 3. The largest absolute Gasteiger partial charge is 0.496 e. The van der Waals surface area contributed by atoms with E-state index < -0.39 is 52.6 Å². The number of carbonyl (C=O) groups excluding carboxylic acids is 3. The van der Waals surface area contributed by atoms with Crippen LogP contribution >= 0.6 is 0 Å². The van der Waals surface area contributed by atoms with Crippen molar-refractivity contribution in [1.82, 2.24) is 10.2 Å². The summed E-state index contributed by atoms with van der Waals surface area (Å²) in [5.41, 5.74) is 9.13. The van der Waals surface area contributed by atoms with Gasteiger partial charge in [-0.3, -0.25) is 0 Å². The smallest absolute Gasteiger partial charge is 0.416 e. The summed E-state index contributed by atoms with van der Waals surface area (Å²) in [6.45, 7) is 4.99. The molecule has 3 aromatic carbocycles. The first-order valence-corrected chi connectivity index (χ1v) is 19.3. The number of aryl methyl sites for hydroxylation is 1. The second kappa shape index (κ2) is 20.5. The summed E-state index contributed by atoms with van der Waals surface area (Å²) in [6, 6.07) is 18.5. The molecule has 0 bridgehead atoms. The second-order valence-electron chi connectivity index (χ2n) is 12.9. The summed E-state index contributed by atoms with van der Waals surface area (Å²) >= 11 is 0. The van der Waals surface area contributed by atoms with Gasteiger partial charge in [0.1, 0.15) is 19.0 Å². The SMILES string of the molecule is COC(=O)C(OC1CCCCO1)[C@H](CCCN(C(=O)OCc1ccccc1)/C(N)=N/S(=O)(=O)c1c(C)cc(OC)c(C)c1C)NC(=O)OCc1ccccc1. The van der Waals surface area contributed by atoms with Gasteiger partial charge in [0.15, 0.2) is 12.4 Å². The summed E-state index contributed by atoms with van der Waals surface area (Å²) < 4.78 is 64.6. The van der Waals surface area contributed by atoms with Crippen LogP contribution in [0.3, 0.4) is 0 Å². The number of carbonyl (C=O) groups is 3. The molecular weight excluding hydrogens is 733 g/mol. The summed E-state index contributed by atoms with van der Waals surface area (Å²) in [6.07, 6.45) is -1.64. The van der Waals surface area contributed by atoms with Crippen molar-refractivity contribution in [2.75, 3.05) is 27.4 Å². The van der Waals surface area contributed by atoms with Gasteiger partial charge in [-0.25, -0.2) is 19.3 Å². The summed E-state index contributed by atoms with van der Waals surface area (Å²) in [5.74, 6) is -0.906. The number of hydrogen-bond acceptors (Lipinski definition) is 11. The fraction of sp³-hybridized carbons (Fsp3) is 0.436. The first-order valence-electron chi connectivity index (χ1n) is 17.9. The number of rotatable bonds is 16. The molecule has 0 radical (unpaired) electrons. The van der Waals surface area contributed by atoms with Gasteiger partial charge in [-0.2, -0.15) is 8.42 Å². The maximum atomic E-state index is 13.8. The van der Waals surface area contributed by atoms with Crippen LogP contribution in [0.5, 0.6) is 5.75 Å². The number of hydrogen-bond donors (Lipinski definition) is 2. The van der Waals surface area contributed by atoms with Crippen LogP contribution in [0.2, 0.25) is 0 Å². The number of guanidine groups is 1. The lowest BCUT2D eigenvalue weighted by atomic mass is 10.0. The molecule has 3 atom stereocenters. The normalized spacial score (nSPS) is 15.7. The lowest BCUT2D eigenvalue weighted by Crippen LogP contribution is -2.51. The van der Waals surface area contributed by atoms with Crippen LogP contribution in [-0.4, -0.2) is 83.2 Å². The third-order valence-electron chi connectivity index (χ3n) is 9.02. The predicted molar refractivity (Wildman–Crippen MR) is 203 cm³/mol. The molecule has 1 saturated heterocycles. The fourth-order valence-corrected chi connectivity index (χ4v) is 7.48. The van der Waals surface area contributed by atoms with Crippen LogP contribution in [0.1, 0.15) is 59.9 Å². The second-order valence-corrected chi connectivity index (χ2v) is 14.5. The van der Waals surface area contributed by atoms with E-state index in [0.29, 0.717) is 41.0 Å². The maximum absolute atomic E-state index is 13.8. The Kier molecular flexibility index (Phi) is 15.8. The summed E-state index contributed by atoms with van der Waals surface area (Å²) in [4.78, 5) is 40.7. The zero-order chi connectivity index (χ0) is 40.0. The Labute approximate surface area is 322 Å². The Morgan fingerprint density at radius 3 is 2.16 bits per heavy atom. The third kappa shape index (κ3) is 12.2. The van der Waals surface area contributed by atoms with Gasteiger partial charge < -0.3 is 39.5 Å². The van der Waals surface area contributed by atoms with Crippen molar-refractivity contribution in [3.05, 3.63) is 94.5 Å². The minimum atomic E-state index is -4.46. The van der Waals surface area contributed by atoms with Crippen molar-refractivity contribution in [2.45, 2.75) is 89.4 Å². The van der Waals surface area contributed by atoms with E-state index in [9.17, 15) is 22.8 Å². The van der Waals surface area contributed by atoms with Crippen molar-refractivity contribution >= 4 is 34.1 Å². The molecule has 2 amide bonds. The van der Waals surface area contributed by atoms with Crippen molar-refractivity contribution in [2.24, 2.45) is 10.1 Å². The average molecular weight is 783 g/mol. The maximum Gasteiger partial charge on any atom is 0.416 e. The predicted octanol–water partition coefficient (Wildman–Crippen LogP) is 5.42. The molecule has 4 rings (SSSR count). The minimum absolute atomic E-state index is 0.00527. The number of sulfonamides is 1. The van der Waals surface area contributed by atoms with Gasteiger partial charge in [0.2, 0.25) is 5.96 Å². The molecule has 298 valence electrons. The molecule has 0 spiro atoms. The van der Waals surface area contributed by atoms with Crippen LogP contribution in [0.15, 0.2) is 76.0 Å². The first kappa shape index (κ1) is 42.6. The lowest BCUT2D eigenvalue weighted by Gasteiger charge is -2.31. The van der Waals surface area contributed by atoms with Gasteiger partial charge in [-0.15, -0.1) is 4.40 Å². The van der Waals surface area contributed by atoms with Gasteiger partial charge in [-0.05, 0) is 86.8 Å². The number of amides is 2. The molecule has 1 heterocycles. The van der Waals surface area contributed by atoms with Gasteiger partial charge in [0, 0.05) is 13.2 Å². The molecule has 15 nitrogen and oxygen atoms in total. The highest BCUT2D eigenvalue weighted by Crippen LogP contribution is 2.31. The van der Waals surface area contributed by atoms with E-state index in [4.69, 9.17) is 34.2 Å². The molecule has 2 unspecified atom stereocenters. The topological polar surface area (TPSA) is 194 Å². The third-order valence-corrected chi connectivity index (χ3v) is 10.6. The van der Waals surface area contributed by atoms with Crippen LogP contribution < -0.4 is 15.8 Å². The summed E-state index contributed by atoms with van der Waals surface area (Å²) in [5, 5.41) is 2.71. The van der Waals surface area contributed by atoms with E-state index >= 15 is 0 Å². The van der Waals surface area contributed by atoms with E-state index in [2.05, 4.69) is 9.71 Å². The Balaban J connectivity index is 1.61. The van der Waals surface area contributed by atoms with Crippen molar-refractivity contribution in [3.63, 3.8) is 0 Å². The van der Waals surface area contributed by atoms with Gasteiger partial charge in [0.25, 0.3) is 10.0 Å². The molecule has 1 fully saturated rings.